The largest absolute Gasteiger partial charge is 0.478 e. The summed E-state index contributed by atoms with van der Waals surface area (Å²) in [5, 5.41) is 20.3. The highest BCUT2D eigenvalue weighted by Gasteiger charge is 2.08. The second-order valence-corrected chi connectivity index (χ2v) is 7.02. The molecule has 0 aliphatic rings. The summed E-state index contributed by atoms with van der Waals surface area (Å²) in [6.45, 7) is 0. The minimum atomic E-state index is -1.03. The topological polar surface area (TPSA) is 104 Å². The number of nitrogens with zero attached hydrogens (tertiary/aromatic N) is 3. The number of nitrogens with one attached hydrogen (secondary N) is 2. The first-order chi connectivity index (χ1) is 15.2. The molecule has 5 rings (SSSR count). The van der Waals surface area contributed by atoms with Crippen LogP contribution < -0.4 is 5.32 Å². The van der Waals surface area contributed by atoms with Crippen molar-refractivity contribution in [3.63, 3.8) is 0 Å². The zero-order valence-electron chi connectivity index (χ0n) is 16.3. The van der Waals surface area contributed by atoms with Crippen LogP contribution in [0, 0.1) is 0 Å². The molecule has 3 aromatic carbocycles. The first kappa shape index (κ1) is 18.5. The number of anilines is 2. The fourth-order valence-electron chi connectivity index (χ4n) is 3.35. The number of hydrogen-bond acceptors (Lipinski definition) is 5. The maximum Gasteiger partial charge on any atom is 0.337 e. The number of carboxylic acids is 1. The number of carbonyl (C=O) groups is 1. The number of aromatic amines is 1. The van der Waals surface area contributed by atoms with Gasteiger partial charge in [-0.05, 0) is 42.5 Å². The van der Waals surface area contributed by atoms with E-state index < -0.39 is 5.97 Å². The highest BCUT2D eigenvalue weighted by atomic mass is 16.4. The first-order valence-electron chi connectivity index (χ1n) is 9.64. The quantitative estimate of drug-likeness (QED) is 0.373. The molecule has 0 radical (unpaired) electrons. The van der Waals surface area contributed by atoms with Gasteiger partial charge in [0.2, 0.25) is 0 Å². The smallest absolute Gasteiger partial charge is 0.337 e. The highest BCUT2D eigenvalue weighted by molar-refractivity contribution is 5.88. The van der Waals surface area contributed by atoms with E-state index in [9.17, 15) is 4.79 Å². The lowest BCUT2D eigenvalue weighted by atomic mass is 10.1. The summed E-state index contributed by atoms with van der Waals surface area (Å²) in [5.41, 5.74) is 6.15. The first-order valence-corrected chi connectivity index (χ1v) is 9.64. The van der Waals surface area contributed by atoms with Crippen molar-refractivity contribution in [2.45, 2.75) is 0 Å². The Hall–Kier alpha value is -4.52. The maximum absolute atomic E-state index is 11.1. The van der Waals surface area contributed by atoms with Gasteiger partial charge in [-0.3, -0.25) is 0 Å². The van der Waals surface area contributed by atoms with E-state index in [4.69, 9.17) is 5.11 Å². The number of rotatable bonds is 5. The molecular formula is C24H17N5O2. The van der Waals surface area contributed by atoms with Crippen LogP contribution in [0.3, 0.4) is 0 Å². The van der Waals surface area contributed by atoms with Gasteiger partial charge < -0.3 is 15.4 Å². The van der Waals surface area contributed by atoms with Gasteiger partial charge in [-0.1, -0.05) is 36.4 Å². The average Bonchev–Trinajstić information content (AvgIpc) is 3.24. The Labute approximate surface area is 177 Å². The van der Waals surface area contributed by atoms with Crippen LogP contribution >= 0.6 is 0 Å². The van der Waals surface area contributed by atoms with Gasteiger partial charge in [-0.15, -0.1) is 0 Å². The molecule has 5 aromatic rings. The SMILES string of the molecule is O=C(O)c1cnnc(-c2ccc(Nc3cccc(-c4nc5ccccc5[nH]4)c3)cc2)c1. The van der Waals surface area contributed by atoms with Gasteiger partial charge in [0, 0.05) is 22.5 Å². The monoisotopic (exact) mass is 407 g/mol. The van der Waals surface area contributed by atoms with Crippen molar-refractivity contribution in [3.05, 3.63) is 90.6 Å². The van der Waals surface area contributed by atoms with Gasteiger partial charge in [0.05, 0.1) is 28.5 Å². The van der Waals surface area contributed by atoms with E-state index in [0.29, 0.717) is 5.69 Å². The lowest BCUT2D eigenvalue weighted by molar-refractivity contribution is 0.0696. The summed E-state index contributed by atoms with van der Waals surface area (Å²) in [7, 11) is 0. The predicted octanol–water partition coefficient (Wildman–Crippen LogP) is 5.13. The van der Waals surface area contributed by atoms with Crippen LogP contribution in [0.5, 0.6) is 0 Å². The lowest BCUT2D eigenvalue weighted by Crippen LogP contribution is -1.99. The minimum absolute atomic E-state index is 0.106. The number of aromatic carboxylic acids is 1. The molecule has 0 saturated heterocycles. The van der Waals surface area contributed by atoms with Crippen molar-refractivity contribution in [2.75, 3.05) is 5.32 Å². The number of hydrogen-bond donors (Lipinski definition) is 3. The fourth-order valence-corrected chi connectivity index (χ4v) is 3.35. The second-order valence-electron chi connectivity index (χ2n) is 7.02. The van der Waals surface area contributed by atoms with Crippen molar-refractivity contribution in [3.8, 4) is 22.6 Å². The molecule has 0 spiro atoms. The summed E-state index contributed by atoms with van der Waals surface area (Å²) < 4.78 is 0. The molecule has 0 atom stereocenters. The molecule has 0 saturated carbocycles. The molecule has 0 bridgehead atoms. The summed E-state index contributed by atoms with van der Waals surface area (Å²) in [6.07, 6.45) is 1.23. The average molecular weight is 407 g/mol. The predicted molar refractivity (Wildman–Crippen MR) is 119 cm³/mol. The standard InChI is InChI=1S/C24H17N5O2/c30-24(31)17-13-22(29-25-14-17)15-8-10-18(11-9-15)26-19-5-3-4-16(12-19)23-27-20-6-1-2-7-21(20)28-23/h1-14,26H,(H,27,28)(H,30,31). The Morgan fingerprint density at radius 3 is 2.52 bits per heavy atom. The third kappa shape index (κ3) is 3.84. The number of aromatic nitrogens is 4. The van der Waals surface area contributed by atoms with Crippen LogP contribution in [0.15, 0.2) is 85.1 Å². The van der Waals surface area contributed by atoms with Crippen LogP contribution in [-0.2, 0) is 0 Å². The van der Waals surface area contributed by atoms with E-state index in [1.165, 1.54) is 12.3 Å². The highest BCUT2D eigenvalue weighted by Crippen LogP contribution is 2.26. The number of para-hydroxylation sites is 2. The molecule has 0 aliphatic carbocycles. The maximum atomic E-state index is 11.1. The Bertz CT molecular complexity index is 1360. The van der Waals surface area contributed by atoms with Gasteiger partial charge in [0.1, 0.15) is 5.82 Å². The molecule has 7 nitrogen and oxygen atoms in total. The number of imidazole rings is 1. The van der Waals surface area contributed by atoms with Gasteiger partial charge in [0.25, 0.3) is 0 Å². The summed E-state index contributed by atoms with van der Waals surface area (Å²) in [6, 6.07) is 25.0. The number of fused-ring (bicyclic) bond motifs is 1. The molecule has 3 N–H and O–H groups in total. The van der Waals surface area contributed by atoms with Crippen molar-refractivity contribution in [2.24, 2.45) is 0 Å². The zero-order valence-corrected chi connectivity index (χ0v) is 16.3. The molecule has 0 amide bonds. The third-order valence-corrected chi connectivity index (χ3v) is 4.90. The van der Waals surface area contributed by atoms with Gasteiger partial charge in [0.15, 0.2) is 0 Å². The molecule has 0 unspecified atom stereocenters. The molecule has 2 heterocycles. The van der Waals surface area contributed by atoms with E-state index in [1.54, 1.807) is 0 Å². The summed E-state index contributed by atoms with van der Waals surface area (Å²) in [5.74, 6) is -0.212. The van der Waals surface area contributed by atoms with E-state index in [1.807, 2.05) is 72.8 Å². The van der Waals surface area contributed by atoms with Gasteiger partial charge >= 0.3 is 5.97 Å². The minimum Gasteiger partial charge on any atom is -0.478 e. The molecule has 7 heteroatoms. The van der Waals surface area contributed by atoms with Crippen LogP contribution in [0.25, 0.3) is 33.7 Å². The van der Waals surface area contributed by atoms with Gasteiger partial charge in [-0.2, -0.15) is 10.2 Å². The molecule has 2 aromatic heterocycles. The molecule has 31 heavy (non-hydrogen) atoms. The fraction of sp³-hybridized carbons (Fsp3) is 0. The summed E-state index contributed by atoms with van der Waals surface area (Å²) in [4.78, 5) is 19.1. The molecule has 150 valence electrons. The van der Waals surface area contributed by atoms with Crippen molar-refractivity contribution in [1.82, 2.24) is 20.2 Å². The normalized spacial score (nSPS) is 10.8. The Morgan fingerprint density at radius 2 is 1.71 bits per heavy atom. The Morgan fingerprint density at radius 1 is 0.871 bits per heavy atom. The van der Waals surface area contributed by atoms with E-state index in [0.717, 1.165) is 39.4 Å². The molecule has 0 fully saturated rings. The Kier molecular flexibility index (Phi) is 4.61. The Balaban J connectivity index is 1.37. The van der Waals surface area contributed by atoms with Crippen LogP contribution in [0.1, 0.15) is 10.4 Å². The van der Waals surface area contributed by atoms with Crippen LogP contribution in [0.2, 0.25) is 0 Å². The molecule has 0 aliphatic heterocycles. The van der Waals surface area contributed by atoms with E-state index >= 15 is 0 Å². The number of H-pyrrole nitrogens is 1. The zero-order chi connectivity index (χ0) is 21.2. The summed E-state index contributed by atoms with van der Waals surface area (Å²) >= 11 is 0. The van der Waals surface area contributed by atoms with Crippen LogP contribution in [0.4, 0.5) is 11.4 Å². The van der Waals surface area contributed by atoms with Gasteiger partial charge in [-0.25, -0.2) is 9.78 Å². The molecular weight excluding hydrogens is 390 g/mol. The number of benzene rings is 3. The van der Waals surface area contributed by atoms with Crippen molar-refractivity contribution in [1.29, 1.82) is 0 Å². The van der Waals surface area contributed by atoms with E-state index in [-0.39, 0.29) is 5.56 Å². The van der Waals surface area contributed by atoms with Crippen molar-refractivity contribution >= 4 is 28.4 Å². The van der Waals surface area contributed by atoms with Crippen molar-refractivity contribution < 1.29 is 9.90 Å². The third-order valence-electron chi connectivity index (χ3n) is 4.90. The van der Waals surface area contributed by atoms with E-state index in [2.05, 4.69) is 25.5 Å². The number of carboxylic acid groups (broad SMARTS) is 1. The lowest BCUT2D eigenvalue weighted by Gasteiger charge is -2.09. The second kappa shape index (κ2) is 7.72. The van der Waals surface area contributed by atoms with Crippen LogP contribution in [-0.4, -0.2) is 31.2 Å².